The van der Waals surface area contributed by atoms with Crippen LogP contribution in [0.2, 0.25) is 0 Å². The summed E-state index contributed by atoms with van der Waals surface area (Å²) in [5.41, 5.74) is 4.86. The monoisotopic (exact) mass is 437 g/mol. The van der Waals surface area contributed by atoms with Gasteiger partial charge in [0.25, 0.3) is 0 Å². The van der Waals surface area contributed by atoms with Crippen LogP contribution in [0.3, 0.4) is 0 Å². The normalized spacial score (nSPS) is 18.2. The summed E-state index contributed by atoms with van der Waals surface area (Å²) in [7, 11) is 1.64. The molecule has 1 aliphatic rings. The fraction of sp³-hybridized carbons (Fsp3) is 0.333. The standard InChI is InChI=1S/C24H27N3O3S/c1-6-30-21-17(11-9-13-19(21)29-5)22-20-15(3)26-27(18-12-8-7-10-14(18)2)23(20)25-24(28)16(4)31-22/h7-13,16,22H,6H2,1-5H3,(H,25,28). The lowest BCUT2D eigenvalue weighted by atomic mass is 10.0. The first kappa shape index (κ1) is 21.3. The Morgan fingerprint density at radius 2 is 1.94 bits per heavy atom. The first-order chi connectivity index (χ1) is 15.0. The number of carbonyl (C=O) groups is 1. The zero-order chi connectivity index (χ0) is 22.1. The molecule has 6 nitrogen and oxygen atoms in total. The molecular weight excluding hydrogens is 410 g/mol. The summed E-state index contributed by atoms with van der Waals surface area (Å²) in [6.45, 7) is 8.44. The molecule has 0 radical (unpaired) electrons. The number of hydrogen-bond acceptors (Lipinski definition) is 5. The summed E-state index contributed by atoms with van der Waals surface area (Å²) >= 11 is 1.60. The van der Waals surface area contributed by atoms with E-state index in [9.17, 15) is 4.79 Å². The molecule has 0 aliphatic carbocycles. The Kier molecular flexibility index (Phi) is 5.96. The molecule has 0 fully saturated rings. The molecule has 3 aromatic rings. The number of anilines is 1. The van der Waals surface area contributed by atoms with Gasteiger partial charge in [0.1, 0.15) is 5.82 Å². The maximum atomic E-state index is 12.9. The molecule has 4 rings (SSSR count). The number of rotatable bonds is 5. The first-order valence-corrected chi connectivity index (χ1v) is 11.3. The molecule has 2 atom stereocenters. The van der Waals surface area contributed by atoms with Crippen LogP contribution in [-0.4, -0.2) is 34.7 Å². The molecule has 0 saturated heterocycles. The number of para-hydroxylation sites is 2. The fourth-order valence-electron chi connectivity index (χ4n) is 3.93. The minimum absolute atomic E-state index is 0.0376. The van der Waals surface area contributed by atoms with Crippen molar-refractivity contribution in [3.05, 3.63) is 64.8 Å². The minimum Gasteiger partial charge on any atom is -0.493 e. The Balaban J connectivity index is 1.96. The molecule has 162 valence electrons. The number of nitrogens with one attached hydrogen (secondary N) is 1. The number of nitrogens with zero attached hydrogens (tertiary/aromatic N) is 2. The van der Waals surface area contributed by atoms with Gasteiger partial charge in [-0.15, -0.1) is 11.8 Å². The van der Waals surface area contributed by atoms with E-state index in [-0.39, 0.29) is 16.4 Å². The number of benzene rings is 2. The first-order valence-electron chi connectivity index (χ1n) is 10.4. The molecule has 1 N–H and O–H groups in total. The maximum absolute atomic E-state index is 12.9. The summed E-state index contributed by atoms with van der Waals surface area (Å²) in [5.74, 6) is 2.07. The van der Waals surface area contributed by atoms with E-state index < -0.39 is 0 Å². The van der Waals surface area contributed by atoms with E-state index in [4.69, 9.17) is 14.6 Å². The van der Waals surface area contributed by atoms with Crippen molar-refractivity contribution in [2.24, 2.45) is 0 Å². The third-order valence-corrected chi connectivity index (χ3v) is 6.85. The quantitative estimate of drug-likeness (QED) is 0.604. The van der Waals surface area contributed by atoms with Gasteiger partial charge >= 0.3 is 0 Å². The molecule has 0 bridgehead atoms. The van der Waals surface area contributed by atoms with E-state index in [1.165, 1.54) is 0 Å². The smallest absolute Gasteiger partial charge is 0.238 e. The van der Waals surface area contributed by atoms with E-state index in [0.29, 0.717) is 23.9 Å². The van der Waals surface area contributed by atoms with E-state index in [0.717, 1.165) is 28.1 Å². The summed E-state index contributed by atoms with van der Waals surface area (Å²) < 4.78 is 13.4. The van der Waals surface area contributed by atoms with Crippen LogP contribution in [0.4, 0.5) is 5.82 Å². The molecule has 2 heterocycles. The average Bonchev–Trinajstić information content (AvgIpc) is 3.00. The molecule has 31 heavy (non-hydrogen) atoms. The van der Waals surface area contributed by atoms with Gasteiger partial charge in [0, 0.05) is 11.1 Å². The number of methoxy groups -OCH3 is 1. The van der Waals surface area contributed by atoms with Crippen molar-refractivity contribution in [3.8, 4) is 17.2 Å². The molecule has 7 heteroatoms. The number of amides is 1. The van der Waals surface area contributed by atoms with Gasteiger partial charge in [-0.05, 0) is 45.4 Å². The number of carbonyl (C=O) groups excluding carboxylic acids is 1. The average molecular weight is 438 g/mol. The molecular formula is C24H27N3O3S. The Morgan fingerprint density at radius 3 is 2.65 bits per heavy atom. The number of aryl methyl sites for hydroxylation is 2. The van der Waals surface area contributed by atoms with E-state index in [1.54, 1.807) is 18.9 Å². The summed E-state index contributed by atoms with van der Waals surface area (Å²) in [6.07, 6.45) is 0. The number of thioether (sulfide) groups is 1. The van der Waals surface area contributed by atoms with E-state index >= 15 is 0 Å². The third kappa shape index (κ3) is 3.78. The van der Waals surface area contributed by atoms with E-state index in [1.807, 2.05) is 74.8 Å². The lowest BCUT2D eigenvalue weighted by Gasteiger charge is -2.22. The topological polar surface area (TPSA) is 65.4 Å². The van der Waals surface area contributed by atoms with Gasteiger partial charge in [-0.1, -0.05) is 30.3 Å². The van der Waals surface area contributed by atoms with Gasteiger partial charge in [-0.3, -0.25) is 4.79 Å². The van der Waals surface area contributed by atoms with Crippen molar-refractivity contribution < 1.29 is 14.3 Å². The van der Waals surface area contributed by atoms with E-state index in [2.05, 4.69) is 5.32 Å². The van der Waals surface area contributed by atoms with Crippen LogP contribution in [0.15, 0.2) is 42.5 Å². The van der Waals surface area contributed by atoms with Gasteiger partial charge in [-0.2, -0.15) is 5.10 Å². The second kappa shape index (κ2) is 8.67. The lowest BCUT2D eigenvalue weighted by Crippen LogP contribution is -2.22. The highest BCUT2D eigenvalue weighted by Gasteiger charge is 2.36. The fourth-order valence-corrected chi connectivity index (χ4v) is 5.27. The number of fused-ring (bicyclic) bond motifs is 1. The summed E-state index contributed by atoms with van der Waals surface area (Å²) in [5, 5.41) is 7.58. The van der Waals surface area contributed by atoms with Crippen molar-refractivity contribution in [2.75, 3.05) is 19.0 Å². The van der Waals surface area contributed by atoms with Crippen molar-refractivity contribution in [2.45, 2.75) is 38.2 Å². The number of hydrogen-bond donors (Lipinski definition) is 1. The number of aromatic nitrogens is 2. The Hall–Kier alpha value is -2.93. The van der Waals surface area contributed by atoms with Crippen LogP contribution in [0.5, 0.6) is 11.5 Å². The SMILES string of the molecule is CCOc1c(OC)cccc1C1SC(C)C(=O)Nc2c1c(C)nn2-c1ccccc1C. The second-order valence-corrected chi connectivity index (χ2v) is 8.96. The van der Waals surface area contributed by atoms with Crippen molar-refractivity contribution in [3.63, 3.8) is 0 Å². The van der Waals surface area contributed by atoms with Gasteiger partial charge in [0.05, 0.1) is 35.6 Å². The third-order valence-electron chi connectivity index (χ3n) is 5.46. The van der Waals surface area contributed by atoms with Crippen molar-refractivity contribution >= 4 is 23.5 Å². The van der Waals surface area contributed by atoms with Crippen LogP contribution in [0.25, 0.3) is 5.69 Å². The predicted molar refractivity (Wildman–Crippen MR) is 125 cm³/mol. The van der Waals surface area contributed by atoms with Crippen LogP contribution in [0, 0.1) is 13.8 Å². The molecule has 2 unspecified atom stereocenters. The van der Waals surface area contributed by atoms with Gasteiger partial charge in [0.2, 0.25) is 5.91 Å². The zero-order valence-electron chi connectivity index (χ0n) is 18.4. The van der Waals surface area contributed by atoms with Crippen LogP contribution < -0.4 is 14.8 Å². The molecule has 1 aromatic heterocycles. The van der Waals surface area contributed by atoms with Crippen molar-refractivity contribution in [1.82, 2.24) is 9.78 Å². The highest BCUT2D eigenvalue weighted by atomic mass is 32.2. The second-order valence-electron chi connectivity index (χ2n) is 7.51. The van der Waals surface area contributed by atoms with Gasteiger partial charge < -0.3 is 14.8 Å². The summed E-state index contributed by atoms with van der Waals surface area (Å²) in [6, 6.07) is 13.9. The molecule has 0 spiro atoms. The maximum Gasteiger partial charge on any atom is 0.238 e. The van der Waals surface area contributed by atoms with Crippen LogP contribution in [-0.2, 0) is 4.79 Å². The Morgan fingerprint density at radius 1 is 1.16 bits per heavy atom. The molecule has 2 aromatic carbocycles. The number of ether oxygens (including phenoxy) is 2. The lowest BCUT2D eigenvalue weighted by molar-refractivity contribution is -0.115. The van der Waals surface area contributed by atoms with Gasteiger partial charge in [0.15, 0.2) is 11.5 Å². The summed E-state index contributed by atoms with van der Waals surface area (Å²) in [4.78, 5) is 12.9. The van der Waals surface area contributed by atoms with Crippen molar-refractivity contribution in [1.29, 1.82) is 0 Å². The Labute approximate surface area is 186 Å². The highest BCUT2D eigenvalue weighted by molar-refractivity contribution is 8.01. The largest absolute Gasteiger partial charge is 0.493 e. The molecule has 1 amide bonds. The predicted octanol–water partition coefficient (Wildman–Crippen LogP) is 5.06. The Bertz CT molecular complexity index is 1130. The highest BCUT2D eigenvalue weighted by Crippen LogP contribution is 2.50. The van der Waals surface area contributed by atoms with Crippen LogP contribution >= 0.6 is 11.8 Å². The van der Waals surface area contributed by atoms with Crippen LogP contribution in [0.1, 0.15) is 41.5 Å². The van der Waals surface area contributed by atoms with Gasteiger partial charge in [-0.25, -0.2) is 4.68 Å². The molecule has 1 aliphatic heterocycles. The zero-order valence-corrected chi connectivity index (χ0v) is 19.2. The molecule has 0 saturated carbocycles. The minimum atomic E-state index is -0.247.